The summed E-state index contributed by atoms with van der Waals surface area (Å²) in [6.45, 7) is 2.12. The number of rotatable bonds is 5. The first-order valence-corrected chi connectivity index (χ1v) is 7.64. The first kappa shape index (κ1) is 13.9. The molecule has 0 radical (unpaired) electrons. The van der Waals surface area contributed by atoms with Crippen LogP contribution in [0.4, 0.5) is 5.69 Å². The highest BCUT2D eigenvalue weighted by atomic mass is 79.9. The minimum Gasteiger partial charge on any atom is -0.374 e. The lowest BCUT2D eigenvalue weighted by Gasteiger charge is -2.26. The van der Waals surface area contributed by atoms with Gasteiger partial charge in [-0.3, -0.25) is 0 Å². The van der Waals surface area contributed by atoms with Crippen LogP contribution in [0.15, 0.2) is 22.7 Å². The van der Waals surface area contributed by atoms with E-state index in [0.29, 0.717) is 0 Å². The van der Waals surface area contributed by atoms with Crippen molar-refractivity contribution in [1.29, 1.82) is 0 Å². The first-order chi connectivity index (χ1) is 8.70. The lowest BCUT2D eigenvalue weighted by Crippen LogP contribution is -2.25. The summed E-state index contributed by atoms with van der Waals surface area (Å²) in [5.41, 5.74) is 2.73. The van der Waals surface area contributed by atoms with Gasteiger partial charge in [0.2, 0.25) is 0 Å². The zero-order chi connectivity index (χ0) is 13.0. The van der Waals surface area contributed by atoms with E-state index in [9.17, 15) is 0 Å². The number of nitrogens with zero attached hydrogens (tertiary/aromatic N) is 1. The molecule has 0 bridgehead atoms. The molecule has 1 saturated carbocycles. The zero-order valence-electron chi connectivity index (χ0n) is 11.4. The second-order valence-corrected chi connectivity index (χ2v) is 6.25. The molecule has 1 N–H and O–H groups in total. The molecule has 18 heavy (non-hydrogen) atoms. The molecule has 2 nitrogen and oxygen atoms in total. The van der Waals surface area contributed by atoms with Gasteiger partial charge in [0.25, 0.3) is 0 Å². The maximum atomic E-state index is 3.58. The molecule has 100 valence electrons. The fraction of sp³-hybridized carbons (Fsp3) is 0.600. The fourth-order valence-electron chi connectivity index (χ4n) is 2.91. The second kappa shape index (κ2) is 6.58. The number of anilines is 1. The summed E-state index contributed by atoms with van der Waals surface area (Å²) in [6, 6.07) is 6.57. The van der Waals surface area contributed by atoms with Gasteiger partial charge in [-0.25, -0.2) is 0 Å². The minimum atomic E-state index is 0.886. The van der Waals surface area contributed by atoms with E-state index in [2.05, 4.69) is 51.4 Å². The normalized spacial score (nSPS) is 16.2. The molecular weight excluding hydrogens is 288 g/mol. The van der Waals surface area contributed by atoms with Crippen molar-refractivity contribution in [1.82, 2.24) is 5.32 Å². The van der Waals surface area contributed by atoms with Crippen molar-refractivity contribution >= 4 is 21.6 Å². The van der Waals surface area contributed by atoms with E-state index in [-0.39, 0.29) is 0 Å². The third-order valence-corrected chi connectivity index (χ3v) is 4.33. The van der Waals surface area contributed by atoms with Crippen molar-refractivity contribution in [2.45, 2.75) is 32.2 Å². The third-order valence-electron chi connectivity index (χ3n) is 3.83. The first-order valence-electron chi connectivity index (χ1n) is 6.85. The van der Waals surface area contributed by atoms with Crippen LogP contribution in [0.25, 0.3) is 0 Å². The summed E-state index contributed by atoms with van der Waals surface area (Å²) in [5.74, 6) is 0.886. The number of nitrogens with one attached hydrogen (secondary N) is 1. The molecule has 1 aromatic rings. The van der Waals surface area contributed by atoms with Gasteiger partial charge >= 0.3 is 0 Å². The predicted molar refractivity (Wildman–Crippen MR) is 82.1 cm³/mol. The zero-order valence-corrected chi connectivity index (χ0v) is 13.0. The lowest BCUT2D eigenvalue weighted by molar-refractivity contribution is 0.546. The number of hydrogen-bond acceptors (Lipinski definition) is 2. The van der Waals surface area contributed by atoms with Gasteiger partial charge < -0.3 is 10.2 Å². The molecule has 1 aromatic carbocycles. The molecule has 1 aliphatic rings. The van der Waals surface area contributed by atoms with E-state index in [1.807, 2.05) is 7.05 Å². The van der Waals surface area contributed by atoms with Crippen LogP contribution in [0.5, 0.6) is 0 Å². The van der Waals surface area contributed by atoms with Crippen LogP contribution in [-0.4, -0.2) is 20.6 Å². The van der Waals surface area contributed by atoms with Crippen molar-refractivity contribution < 1.29 is 0 Å². The third kappa shape index (κ3) is 3.48. The summed E-state index contributed by atoms with van der Waals surface area (Å²) in [7, 11) is 4.22. The smallest absolute Gasteiger partial charge is 0.0420 e. The van der Waals surface area contributed by atoms with Gasteiger partial charge in [-0.2, -0.15) is 0 Å². The average Bonchev–Trinajstić information content (AvgIpc) is 2.84. The van der Waals surface area contributed by atoms with Crippen LogP contribution >= 0.6 is 15.9 Å². The summed E-state index contributed by atoms with van der Waals surface area (Å²) < 4.78 is 1.16. The maximum absolute atomic E-state index is 3.58. The number of hydrogen-bond donors (Lipinski definition) is 1. The summed E-state index contributed by atoms with van der Waals surface area (Å²) >= 11 is 3.58. The monoisotopic (exact) mass is 310 g/mol. The molecule has 0 spiro atoms. The highest BCUT2D eigenvalue weighted by Gasteiger charge is 2.18. The van der Waals surface area contributed by atoms with Crippen LogP contribution in [0.2, 0.25) is 0 Å². The molecule has 0 unspecified atom stereocenters. The largest absolute Gasteiger partial charge is 0.374 e. The Morgan fingerprint density at radius 2 is 2.06 bits per heavy atom. The van der Waals surface area contributed by atoms with Crippen LogP contribution in [0, 0.1) is 5.92 Å². The number of halogens is 1. The van der Waals surface area contributed by atoms with Crippen LogP contribution < -0.4 is 10.2 Å². The average molecular weight is 311 g/mol. The van der Waals surface area contributed by atoms with Gasteiger partial charge in [-0.1, -0.05) is 34.8 Å². The predicted octanol–water partition coefficient (Wildman–Crippen LogP) is 3.79. The quantitative estimate of drug-likeness (QED) is 0.890. The molecule has 0 atom stereocenters. The SMILES string of the molecule is CNCc1ccc(Br)cc1N(C)CC1CCCC1. The Morgan fingerprint density at radius 1 is 1.33 bits per heavy atom. The lowest BCUT2D eigenvalue weighted by atomic mass is 10.1. The molecule has 0 heterocycles. The van der Waals surface area contributed by atoms with Crippen LogP contribution in [0.3, 0.4) is 0 Å². The van der Waals surface area contributed by atoms with Crippen molar-refractivity contribution in [3.8, 4) is 0 Å². The Morgan fingerprint density at radius 3 is 2.72 bits per heavy atom. The Kier molecular flexibility index (Phi) is 5.07. The molecule has 0 aromatic heterocycles. The summed E-state index contributed by atoms with van der Waals surface area (Å²) in [6.07, 6.45) is 5.64. The molecule has 1 aliphatic carbocycles. The van der Waals surface area contributed by atoms with E-state index < -0.39 is 0 Å². The van der Waals surface area contributed by atoms with E-state index in [0.717, 1.165) is 16.9 Å². The Balaban J connectivity index is 2.11. The van der Waals surface area contributed by atoms with Crippen LogP contribution in [0.1, 0.15) is 31.2 Å². The fourth-order valence-corrected chi connectivity index (χ4v) is 3.26. The molecular formula is C15H23BrN2. The topological polar surface area (TPSA) is 15.3 Å². The summed E-state index contributed by atoms with van der Waals surface area (Å²) in [5, 5.41) is 3.25. The van der Waals surface area contributed by atoms with Crippen molar-refractivity contribution in [2.75, 3.05) is 25.5 Å². The van der Waals surface area contributed by atoms with E-state index in [4.69, 9.17) is 0 Å². The molecule has 2 rings (SSSR count). The van der Waals surface area contributed by atoms with Gasteiger partial charge in [-0.15, -0.1) is 0 Å². The molecule has 1 fully saturated rings. The van der Waals surface area contributed by atoms with E-state index in [1.54, 1.807) is 0 Å². The van der Waals surface area contributed by atoms with E-state index >= 15 is 0 Å². The van der Waals surface area contributed by atoms with Gasteiger partial charge in [-0.05, 0) is 43.5 Å². The Bertz CT molecular complexity index is 386. The van der Waals surface area contributed by atoms with Gasteiger partial charge in [0.05, 0.1) is 0 Å². The second-order valence-electron chi connectivity index (χ2n) is 5.33. The van der Waals surface area contributed by atoms with Gasteiger partial charge in [0.15, 0.2) is 0 Å². The maximum Gasteiger partial charge on any atom is 0.0420 e. The summed E-state index contributed by atoms with van der Waals surface area (Å²) in [4.78, 5) is 2.42. The van der Waals surface area contributed by atoms with Crippen molar-refractivity contribution in [2.24, 2.45) is 5.92 Å². The molecule has 0 saturated heterocycles. The Hall–Kier alpha value is -0.540. The van der Waals surface area contributed by atoms with Crippen LogP contribution in [-0.2, 0) is 6.54 Å². The van der Waals surface area contributed by atoms with Gasteiger partial charge in [0, 0.05) is 30.3 Å². The molecule has 0 amide bonds. The standard InChI is InChI=1S/C15H23BrN2/c1-17-10-13-7-8-14(16)9-15(13)18(2)11-12-5-3-4-6-12/h7-9,12,17H,3-6,10-11H2,1-2H3. The number of benzene rings is 1. The molecule has 0 aliphatic heterocycles. The van der Waals surface area contributed by atoms with Crippen molar-refractivity contribution in [3.05, 3.63) is 28.2 Å². The van der Waals surface area contributed by atoms with Crippen molar-refractivity contribution in [3.63, 3.8) is 0 Å². The van der Waals surface area contributed by atoms with Gasteiger partial charge in [0.1, 0.15) is 0 Å². The highest BCUT2D eigenvalue weighted by molar-refractivity contribution is 9.10. The minimum absolute atomic E-state index is 0.886. The van der Waals surface area contributed by atoms with E-state index in [1.165, 1.54) is 43.5 Å². The molecule has 3 heteroatoms. The highest BCUT2D eigenvalue weighted by Crippen LogP contribution is 2.29. The Labute approximate surface area is 119 Å².